The van der Waals surface area contributed by atoms with Crippen LogP contribution in [0.4, 0.5) is 5.69 Å². The third-order valence-electron chi connectivity index (χ3n) is 4.36. The van der Waals surface area contributed by atoms with Crippen molar-refractivity contribution in [3.8, 4) is 6.07 Å². The van der Waals surface area contributed by atoms with Gasteiger partial charge in [-0.25, -0.2) is 8.42 Å². The second-order valence-corrected chi connectivity index (χ2v) is 9.88. The predicted molar refractivity (Wildman–Crippen MR) is 112 cm³/mol. The average Bonchev–Trinajstić information content (AvgIpc) is 3.17. The summed E-state index contributed by atoms with van der Waals surface area (Å²) in [6, 6.07) is 14.3. The van der Waals surface area contributed by atoms with Crippen LogP contribution in [0.2, 0.25) is 0 Å². The topological polar surface area (TPSA) is 107 Å². The van der Waals surface area contributed by atoms with Crippen LogP contribution in [0.15, 0.2) is 48.5 Å². The summed E-state index contributed by atoms with van der Waals surface area (Å²) in [5, 5.41) is 11.6. The lowest BCUT2D eigenvalue weighted by molar-refractivity contribution is -0.119. The number of amides is 2. The van der Waals surface area contributed by atoms with Crippen LogP contribution in [-0.4, -0.2) is 49.1 Å². The maximum Gasteiger partial charge on any atom is 0.255 e. The Morgan fingerprint density at radius 2 is 1.83 bits per heavy atom. The molecule has 2 amide bonds. The molecule has 1 aliphatic heterocycles. The molecule has 150 valence electrons. The minimum Gasteiger partial charge on any atom is -0.324 e. The summed E-state index contributed by atoms with van der Waals surface area (Å²) in [4.78, 5) is 27.1. The SMILES string of the molecule is CS(=O)(=O)Cc1ccc(C(=O)N2CSCC2C(=O)Nc2ccc(C#N)cc2)cc1. The van der Waals surface area contributed by atoms with E-state index in [0.717, 1.165) is 6.26 Å². The lowest BCUT2D eigenvalue weighted by Gasteiger charge is -2.23. The molecule has 3 rings (SSSR count). The van der Waals surface area contributed by atoms with Crippen molar-refractivity contribution in [1.82, 2.24) is 4.90 Å². The van der Waals surface area contributed by atoms with Gasteiger partial charge in [0.2, 0.25) is 5.91 Å². The van der Waals surface area contributed by atoms with Crippen molar-refractivity contribution in [2.45, 2.75) is 11.8 Å². The third kappa shape index (κ3) is 5.37. The van der Waals surface area contributed by atoms with Gasteiger partial charge >= 0.3 is 0 Å². The number of thioether (sulfide) groups is 1. The van der Waals surface area contributed by atoms with E-state index in [1.54, 1.807) is 48.5 Å². The molecule has 2 aromatic rings. The highest BCUT2D eigenvalue weighted by Crippen LogP contribution is 2.25. The molecule has 2 aromatic carbocycles. The Morgan fingerprint density at radius 3 is 2.41 bits per heavy atom. The van der Waals surface area contributed by atoms with Crippen molar-refractivity contribution in [1.29, 1.82) is 5.26 Å². The third-order valence-corrected chi connectivity index (χ3v) is 6.23. The highest BCUT2D eigenvalue weighted by molar-refractivity contribution is 7.99. The molecule has 1 N–H and O–H groups in total. The van der Waals surface area contributed by atoms with Gasteiger partial charge in [-0.2, -0.15) is 5.26 Å². The molecule has 1 heterocycles. The number of anilines is 1. The van der Waals surface area contributed by atoms with Crippen LogP contribution in [0, 0.1) is 11.3 Å². The molecular formula is C20H19N3O4S2. The second kappa shape index (κ2) is 8.68. The smallest absolute Gasteiger partial charge is 0.255 e. The molecule has 7 nitrogen and oxygen atoms in total. The Hall–Kier alpha value is -2.83. The first-order valence-corrected chi connectivity index (χ1v) is 11.9. The van der Waals surface area contributed by atoms with Gasteiger partial charge in [0.05, 0.1) is 23.3 Å². The van der Waals surface area contributed by atoms with E-state index in [0.29, 0.717) is 34.0 Å². The molecule has 0 aliphatic carbocycles. The summed E-state index contributed by atoms with van der Waals surface area (Å²) >= 11 is 1.49. The number of rotatable bonds is 5. The molecule has 9 heteroatoms. The number of hydrogen-bond acceptors (Lipinski definition) is 6. The Bertz CT molecular complexity index is 1060. The molecule has 0 radical (unpaired) electrons. The van der Waals surface area contributed by atoms with Crippen molar-refractivity contribution in [2.24, 2.45) is 0 Å². The van der Waals surface area contributed by atoms with Gasteiger partial charge in [0.1, 0.15) is 6.04 Å². The first kappa shape index (κ1) is 20.9. The van der Waals surface area contributed by atoms with Crippen LogP contribution in [0.1, 0.15) is 21.5 Å². The monoisotopic (exact) mass is 429 g/mol. The van der Waals surface area contributed by atoms with Crippen LogP contribution in [0.25, 0.3) is 0 Å². The normalized spacial score (nSPS) is 16.3. The zero-order valence-electron chi connectivity index (χ0n) is 15.7. The van der Waals surface area contributed by atoms with Crippen LogP contribution >= 0.6 is 11.8 Å². The van der Waals surface area contributed by atoms with Gasteiger partial charge in [0.25, 0.3) is 5.91 Å². The number of carbonyl (C=O) groups is 2. The molecule has 29 heavy (non-hydrogen) atoms. The summed E-state index contributed by atoms with van der Waals surface area (Å²) in [7, 11) is -3.15. The quantitative estimate of drug-likeness (QED) is 0.781. The number of sulfone groups is 1. The van der Waals surface area contributed by atoms with Gasteiger partial charge in [-0.15, -0.1) is 11.8 Å². The van der Waals surface area contributed by atoms with E-state index in [1.165, 1.54) is 16.7 Å². The van der Waals surface area contributed by atoms with E-state index in [-0.39, 0.29) is 17.6 Å². The minimum atomic E-state index is -3.15. The highest BCUT2D eigenvalue weighted by atomic mass is 32.2. The standard InChI is InChI=1S/C20H19N3O4S2/c1-29(26,27)12-15-2-6-16(7-3-15)20(25)23-13-28-11-18(23)19(24)22-17-8-4-14(10-21)5-9-17/h2-9,18H,11-13H2,1H3,(H,22,24). The maximum absolute atomic E-state index is 12.9. The molecule has 1 unspecified atom stereocenters. The van der Waals surface area contributed by atoms with Crippen molar-refractivity contribution < 1.29 is 18.0 Å². The van der Waals surface area contributed by atoms with E-state index in [1.807, 2.05) is 6.07 Å². The average molecular weight is 430 g/mol. The Labute approximate surface area is 173 Å². The van der Waals surface area contributed by atoms with E-state index in [2.05, 4.69) is 5.32 Å². The van der Waals surface area contributed by atoms with E-state index in [4.69, 9.17) is 5.26 Å². The molecule has 0 aromatic heterocycles. The van der Waals surface area contributed by atoms with Crippen LogP contribution in [-0.2, 0) is 20.4 Å². The van der Waals surface area contributed by atoms with Crippen LogP contribution < -0.4 is 5.32 Å². The van der Waals surface area contributed by atoms with E-state index < -0.39 is 15.9 Å². The fraction of sp³-hybridized carbons (Fsp3) is 0.250. The van der Waals surface area contributed by atoms with Crippen molar-refractivity contribution in [2.75, 3.05) is 23.2 Å². The molecule has 1 saturated heterocycles. The first-order valence-electron chi connectivity index (χ1n) is 8.73. The highest BCUT2D eigenvalue weighted by Gasteiger charge is 2.35. The number of benzene rings is 2. The molecule has 0 spiro atoms. The summed E-state index contributed by atoms with van der Waals surface area (Å²) in [5.41, 5.74) is 2.06. The molecule has 1 fully saturated rings. The Balaban J connectivity index is 1.69. The number of nitrogens with zero attached hydrogens (tertiary/aromatic N) is 2. The van der Waals surface area contributed by atoms with Gasteiger partial charge in [-0.05, 0) is 42.0 Å². The van der Waals surface area contributed by atoms with Gasteiger partial charge in [0.15, 0.2) is 9.84 Å². The first-order chi connectivity index (χ1) is 13.8. The number of nitrogens with one attached hydrogen (secondary N) is 1. The fourth-order valence-corrected chi connectivity index (χ4v) is 4.88. The van der Waals surface area contributed by atoms with Crippen molar-refractivity contribution in [3.63, 3.8) is 0 Å². The summed E-state index contributed by atoms with van der Waals surface area (Å²) in [5.74, 6) is 0.231. The zero-order chi connectivity index (χ0) is 21.0. The van der Waals surface area contributed by atoms with Crippen LogP contribution in [0.3, 0.4) is 0 Å². The van der Waals surface area contributed by atoms with Gasteiger partial charge < -0.3 is 10.2 Å². The number of hydrogen-bond donors (Lipinski definition) is 1. The molecule has 1 aliphatic rings. The molecule has 1 atom stereocenters. The fourth-order valence-electron chi connectivity index (χ4n) is 2.93. The van der Waals surface area contributed by atoms with Gasteiger partial charge in [-0.3, -0.25) is 9.59 Å². The Morgan fingerprint density at radius 1 is 1.17 bits per heavy atom. The van der Waals surface area contributed by atoms with E-state index >= 15 is 0 Å². The number of carbonyl (C=O) groups excluding carboxylic acids is 2. The summed E-state index contributed by atoms with van der Waals surface area (Å²) < 4.78 is 22.8. The molecule has 0 saturated carbocycles. The maximum atomic E-state index is 12.9. The number of nitriles is 1. The molecular weight excluding hydrogens is 410 g/mol. The summed E-state index contributed by atoms with van der Waals surface area (Å²) in [6.45, 7) is 0. The van der Waals surface area contributed by atoms with Gasteiger partial charge in [-0.1, -0.05) is 12.1 Å². The minimum absolute atomic E-state index is 0.0866. The van der Waals surface area contributed by atoms with Crippen LogP contribution in [0.5, 0.6) is 0 Å². The van der Waals surface area contributed by atoms with Crippen molar-refractivity contribution in [3.05, 3.63) is 65.2 Å². The van der Waals surface area contributed by atoms with Crippen molar-refractivity contribution >= 4 is 39.1 Å². The molecule has 0 bridgehead atoms. The largest absolute Gasteiger partial charge is 0.324 e. The van der Waals surface area contributed by atoms with Gasteiger partial charge in [0, 0.05) is 23.3 Å². The summed E-state index contributed by atoms with van der Waals surface area (Å²) in [6.07, 6.45) is 1.16. The predicted octanol–water partition coefficient (Wildman–Crippen LogP) is 2.26. The van der Waals surface area contributed by atoms with E-state index in [9.17, 15) is 18.0 Å². The second-order valence-electron chi connectivity index (χ2n) is 6.74. The lowest BCUT2D eigenvalue weighted by Crippen LogP contribution is -2.44. The zero-order valence-corrected chi connectivity index (χ0v) is 17.3. The Kier molecular flexibility index (Phi) is 6.25. The lowest BCUT2D eigenvalue weighted by atomic mass is 10.1.